The normalized spacial score (nSPS) is 14.8. The van der Waals surface area contributed by atoms with E-state index >= 15 is 4.39 Å². The summed E-state index contributed by atoms with van der Waals surface area (Å²) in [4.78, 5) is 22.7. The smallest absolute Gasteiger partial charge is 0.407 e. The van der Waals surface area contributed by atoms with Gasteiger partial charge < -0.3 is 20.7 Å². The molecule has 0 unspecified atom stereocenters. The summed E-state index contributed by atoms with van der Waals surface area (Å²) in [5.74, 6) is -0.257. The van der Waals surface area contributed by atoms with Gasteiger partial charge in [-0.05, 0) is 65.0 Å². The number of aryl methyl sites for hydroxylation is 1. The van der Waals surface area contributed by atoms with Crippen molar-refractivity contribution in [3.63, 3.8) is 0 Å². The van der Waals surface area contributed by atoms with Crippen LogP contribution in [0.2, 0.25) is 0 Å². The highest BCUT2D eigenvalue weighted by Crippen LogP contribution is 2.37. The van der Waals surface area contributed by atoms with E-state index in [0.717, 1.165) is 18.9 Å². The van der Waals surface area contributed by atoms with Crippen LogP contribution in [0.15, 0.2) is 30.7 Å². The van der Waals surface area contributed by atoms with Crippen LogP contribution in [-0.2, 0) is 4.74 Å². The minimum absolute atomic E-state index is 0.0122. The second-order valence-corrected chi connectivity index (χ2v) is 10.3. The first-order chi connectivity index (χ1) is 18.1. The van der Waals surface area contributed by atoms with Crippen molar-refractivity contribution < 1.29 is 13.9 Å². The third-order valence-electron chi connectivity index (χ3n) is 6.06. The highest BCUT2D eigenvalue weighted by atomic mass is 19.1. The van der Waals surface area contributed by atoms with Gasteiger partial charge in [0.1, 0.15) is 17.4 Å². The molecule has 0 aliphatic heterocycles. The summed E-state index contributed by atoms with van der Waals surface area (Å²) in [5, 5.41) is 27.1. The van der Waals surface area contributed by atoms with E-state index in [4.69, 9.17) is 4.74 Å². The molecule has 1 aliphatic carbocycles. The molecule has 3 aromatic rings. The predicted octanol–water partition coefficient (Wildman–Crippen LogP) is 4.61. The number of carbonyl (C=O) groups excluding carboxylic acids is 1. The van der Waals surface area contributed by atoms with Crippen LogP contribution in [0.25, 0.3) is 5.69 Å². The molecule has 200 valence electrons. The van der Waals surface area contributed by atoms with Crippen molar-refractivity contribution >= 4 is 23.4 Å². The summed E-state index contributed by atoms with van der Waals surface area (Å²) >= 11 is 0. The Morgan fingerprint density at radius 1 is 1.26 bits per heavy atom. The van der Waals surface area contributed by atoms with E-state index in [1.165, 1.54) is 4.80 Å². The molecule has 0 bridgehead atoms. The number of nitrogens with one attached hydrogen (secondary N) is 3. The second-order valence-electron chi connectivity index (χ2n) is 10.3. The Kier molecular flexibility index (Phi) is 7.75. The molecule has 0 radical (unpaired) electrons. The summed E-state index contributed by atoms with van der Waals surface area (Å²) in [6.07, 6.45) is 6.69. The van der Waals surface area contributed by atoms with Gasteiger partial charge in [0.05, 0.1) is 47.6 Å². The van der Waals surface area contributed by atoms with Gasteiger partial charge in [-0.15, -0.1) is 4.80 Å². The Morgan fingerprint density at radius 2 is 1.97 bits per heavy atom. The molecule has 1 aliphatic rings. The van der Waals surface area contributed by atoms with E-state index in [9.17, 15) is 10.1 Å². The van der Waals surface area contributed by atoms with Gasteiger partial charge in [-0.2, -0.15) is 15.5 Å². The van der Waals surface area contributed by atoms with E-state index in [-0.39, 0.29) is 35.2 Å². The largest absolute Gasteiger partial charge is 0.444 e. The molecule has 2 atom stereocenters. The van der Waals surface area contributed by atoms with E-state index < -0.39 is 17.5 Å². The average molecular weight is 522 g/mol. The maximum atomic E-state index is 15.1. The molecule has 4 rings (SSSR count). The number of anilines is 3. The van der Waals surface area contributed by atoms with E-state index in [1.807, 2.05) is 19.9 Å². The predicted molar refractivity (Wildman–Crippen MR) is 140 cm³/mol. The molecule has 11 nitrogen and oxygen atoms in total. The molecule has 1 amide bonds. The number of ether oxygens (including phenoxy) is 1. The lowest BCUT2D eigenvalue weighted by molar-refractivity contribution is 0.0495. The summed E-state index contributed by atoms with van der Waals surface area (Å²) in [5.41, 5.74) is 1.28. The van der Waals surface area contributed by atoms with Crippen molar-refractivity contribution in [2.75, 3.05) is 10.6 Å². The highest BCUT2D eigenvalue weighted by molar-refractivity contribution is 5.69. The number of hydrogen-bond acceptors (Lipinski definition) is 9. The van der Waals surface area contributed by atoms with Crippen molar-refractivity contribution in [3.8, 4) is 11.8 Å². The van der Waals surface area contributed by atoms with Gasteiger partial charge in [-0.25, -0.2) is 14.2 Å². The van der Waals surface area contributed by atoms with Crippen molar-refractivity contribution in [2.24, 2.45) is 5.92 Å². The van der Waals surface area contributed by atoms with Crippen molar-refractivity contribution in [1.82, 2.24) is 30.3 Å². The summed E-state index contributed by atoms with van der Waals surface area (Å²) in [7, 11) is 0. The Balaban J connectivity index is 1.59. The lowest BCUT2D eigenvalue weighted by Gasteiger charge is -2.30. The highest BCUT2D eigenvalue weighted by Gasteiger charge is 2.38. The minimum Gasteiger partial charge on any atom is -0.444 e. The molecule has 38 heavy (non-hydrogen) atoms. The van der Waals surface area contributed by atoms with Gasteiger partial charge in [-0.1, -0.05) is 6.92 Å². The van der Waals surface area contributed by atoms with Gasteiger partial charge in [0.15, 0.2) is 17.5 Å². The summed E-state index contributed by atoms with van der Waals surface area (Å²) in [6.45, 7) is 9.17. The Morgan fingerprint density at radius 3 is 2.58 bits per heavy atom. The molecule has 0 spiro atoms. The van der Waals surface area contributed by atoms with Crippen LogP contribution in [0.3, 0.4) is 0 Å². The summed E-state index contributed by atoms with van der Waals surface area (Å²) < 4.78 is 20.5. The molecule has 3 heterocycles. The lowest BCUT2D eigenvalue weighted by Crippen LogP contribution is -2.49. The minimum atomic E-state index is -0.659. The van der Waals surface area contributed by atoms with Crippen LogP contribution in [-0.4, -0.2) is 48.7 Å². The number of alkyl carbamates (subject to hydrolysis) is 1. The Bertz CT molecular complexity index is 1330. The van der Waals surface area contributed by atoms with Gasteiger partial charge in [-0.3, -0.25) is 4.98 Å². The first kappa shape index (κ1) is 26.8. The maximum Gasteiger partial charge on any atom is 0.407 e. The second kappa shape index (κ2) is 11.0. The fraction of sp³-hybridized carbons (Fsp3) is 0.462. The number of halogens is 1. The number of pyridine rings is 2. The third-order valence-corrected chi connectivity index (χ3v) is 6.06. The molecule has 0 saturated heterocycles. The zero-order valence-corrected chi connectivity index (χ0v) is 22.1. The zero-order chi connectivity index (χ0) is 27.4. The molecule has 3 N–H and O–H groups in total. The number of nitrogens with zero attached hydrogens (tertiary/aromatic N) is 6. The van der Waals surface area contributed by atoms with Crippen LogP contribution in [0, 0.1) is 30.0 Å². The van der Waals surface area contributed by atoms with Crippen molar-refractivity contribution in [2.45, 2.75) is 71.6 Å². The third kappa shape index (κ3) is 6.53. The molecular formula is C26H32FN9O2. The zero-order valence-electron chi connectivity index (χ0n) is 22.1. The number of aromatic nitrogens is 5. The first-order valence-corrected chi connectivity index (χ1v) is 12.5. The monoisotopic (exact) mass is 521 g/mol. The number of nitriles is 1. The molecule has 0 aromatic carbocycles. The quantitative estimate of drug-likeness (QED) is 0.368. The summed E-state index contributed by atoms with van der Waals surface area (Å²) in [6, 6.07) is 4.32. The average Bonchev–Trinajstić information content (AvgIpc) is 3.55. The van der Waals surface area contributed by atoms with Crippen molar-refractivity contribution in [1.29, 1.82) is 5.26 Å². The van der Waals surface area contributed by atoms with E-state index in [0.29, 0.717) is 23.5 Å². The van der Waals surface area contributed by atoms with Crippen molar-refractivity contribution in [3.05, 3.63) is 47.8 Å². The molecule has 1 saturated carbocycles. The van der Waals surface area contributed by atoms with Crippen LogP contribution < -0.4 is 16.0 Å². The number of carbonyl (C=O) groups is 1. The van der Waals surface area contributed by atoms with Gasteiger partial charge in [0.2, 0.25) is 0 Å². The SMILES string of the molecule is CC[C@H](NC(=O)OC(C)(C)C)[C@H](Nc1nc(Nc2cnc(C)c(-n3nccn3)c2)c(C#N)cc1F)C1CC1. The van der Waals surface area contributed by atoms with Gasteiger partial charge in [0.25, 0.3) is 0 Å². The van der Waals surface area contributed by atoms with Crippen LogP contribution in [0.5, 0.6) is 0 Å². The van der Waals surface area contributed by atoms with Crippen LogP contribution in [0.1, 0.15) is 58.2 Å². The lowest BCUT2D eigenvalue weighted by atomic mass is 10.0. The molecule has 1 fully saturated rings. The molecule has 12 heteroatoms. The number of hydrogen-bond donors (Lipinski definition) is 3. The van der Waals surface area contributed by atoms with Crippen LogP contribution >= 0.6 is 0 Å². The first-order valence-electron chi connectivity index (χ1n) is 12.5. The fourth-order valence-electron chi connectivity index (χ4n) is 4.10. The Hall–Kier alpha value is -4.27. The topological polar surface area (TPSA) is 143 Å². The number of amides is 1. The molecule has 3 aromatic heterocycles. The van der Waals surface area contributed by atoms with Crippen LogP contribution in [0.4, 0.5) is 26.5 Å². The molecular weight excluding hydrogens is 489 g/mol. The van der Waals surface area contributed by atoms with Gasteiger partial charge >= 0.3 is 6.09 Å². The maximum absolute atomic E-state index is 15.1. The standard InChI is InChI=1S/C26H32FN9O2/c1-6-20(33-25(37)38-26(3,4)5)22(16-7-8-16)34-24-19(27)11-17(13-28)23(35-24)32-18-12-21(15(2)29-14-18)36-30-9-10-31-36/h9-12,14,16,20,22H,6-8H2,1-5H3,(H,33,37)(H2,32,34,35)/t20-,22+/m0/s1. The Labute approximate surface area is 220 Å². The van der Waals surface area contributed by atoms with E-state index in [1.54, 1.807) is 45.4 Å². The fourth-order valence-corrected chi connectivity index (χ4v) is 4.10. The number of rotatable bonds is 9. The van der Waals surface area contributed by atoms with Gasteiger partial charge in [0, 0.05) is 0 Å². The van der Waals surface area contributed by atoms with E-state index in [2.05, 4.69) is 36.1 Å².